The second-order valence-corrected chi connectivity index (χ2v) is 4.99. The summed E-state index contributed by atoms with van der Waals surface area (Å²) in [7, 11) is 0. The van der Waals surface area contributed by atoms with Gasteiger partial charge in [0.25, 0.3) is 0 Å². The summed E-state index contributed by atoms with van der Waals surface area (Å²) in [6.07, 6.45) is -3.84. The molecule has 0 saturated heterocycles. The van der Waals surface area contributed by atoms with Gasteiger partial charge >= 0.3 is 6.18 Å². The molecule has 0 spiro atoms. The molecule has 2 rings (SSSR count). The Morgan fingerprint density at radius 3 is 2.24 bits per heavy atom. The van der Waals surface area contributed by atoms with Crippen LogP contribution >= 0.6 is 0 Å². The number of nitrogens with two attached hydrogens (primary N) is 1. The number of aryl methyl sites for hydroxylation is 2. The van der Waals surface area contributed by atoms with E-state index < -0.39 is 11.7 Å². The van der Waals surface area contributed by atoms with Crippen LogP contribution in [0, 0.1) is 13.8 Å². The van der Waals surface area contributed by atoms with Crippen LogP contribution in [0.4, 0.5) is 13.2 Å². The molecule has 3 nitrogen and oxygen atoms in total. The number of furan rings is 1. The lowest BCUT2D eigenvalue weighted by molar-refractivity contribution is -0.137. The normalized spacial score (nSPS) is 13.4. The molecule has 0 saturated carbocycles. The molecule has 0 amide bonds. The van der Waals surface area contributed by atoms with Crippen molar-refractivity contribution in [1.82, 2.24) is 5.43 Å². The third-order valence-corrected chi connectivity index (χ3v) is 3.38. The maximum Gasteiger partial charge on any atom is 0.416 e. The second-order valence-electron chi connectivity index (χ2n) is 4.99. The largest absolute Gasteiger partial charge is 0.466 e. The highest BCUT2D eigenvalue weighted by Gasteiger charge is 2.30. The Hall–Kier alpha value is -1.79. The topological polar surface area (TPSA) is 51.2 Å². The SMILES string of the molecule is Cc1cc(C(Cc2ccc(C(F)(F)F)cc2)NN)c(C)o1. The van der Waals surface area contributed by atoms with Crippen molar-refractivity contribution in [2.45, 2.75) is 32.5 Å². The summed E-state index contributed by atoms with van der Waals surface area (Å²) in [5.41, 5.74) is 3.71. The van der Waals surface area contributed by atoms with Crippen LogP contribution in [0.25, 0.3) is 0 Å². The Morgan fingerprint density at radius 2 is 1.81 bits per heavy atom. The van der Waals surface area contributed by atoms with E-state index >= 15 is 0 Å². The Morgan fingerprint density at radius 1 is 1.19 bits per heavy atom. The molecule has 1 aromatic heterocycles. The summed E-state index contributed by atoms with van der Waals surface area (Å²) in [5, 5.41) is 0. The van der Waals surface area contributed by atoms with Gasteiger partial charge in [0, 0.05) is 5.56 Å². The number of hydrogen-bond donors (Lipinski definition) is 2. The fourth-order valence-corrected chi connectivity index (χ4v) is 2.32. The average Bonchev–Trinajstić information content (AvgIpc) is 2.74. The molecule has 0 radical (unpaired) electrons. The molecular weight excluding hydrogens is 281 g/mol. The van der Waals surface area contributed by atoms with Crippen molar-refractivity contribution in [3.63, 3.8) is 0 Å². The molecule has 1 aromatic carbocycles. The minimum Gasteiger partial charge on any atom is -0.466 e. The lowest BCUT2D eigenvalue weighted by Gasteiger charge is -2.16. The molecule has 21 heavy (non-hydrogen) atoms. The zero-order valence-electron chi connectivity index (χ0n) is 11.8. The lowest BCUT2D eigenvalue weighted by atomic mass is 9.99. The van der Waals surface area contributed by atoms with E-state index in [0.29, 0.717) is 6.42 Å². The highest BCUT2D eigenvalue weighted by atomic mass is 19.4. The zero-order valence-corrected chi connectivity index (χ0v) is 11.8. The van der Waals surface area contributed by atoms with Gasteiger partial charge in [0.15, 0.2) is 0 Å². The molecule has 114 valence electrons. The molecule has 1 unspecified atom stereocenters. The van der Waals surface area contributed by atoms with Crippen LogP contribution in [0.15, 0.2) is 34.7 Å². The van der Waals surface area contributed by atoms with Crippen molar-refractivity contribution in [2.24, 2.45) is 5.84 Å². The number of halogens is 3. The number of alkyl halides is 3. The van der Waals surface area contributed by atoms with Crippen LogP contribution in [-0.4, -0.2) is 0 Å². The molecule has 0 fully saturated rings. The zero-order chi connectivity index (χ0) is 15.6. The summed E-state index contributed by atoms with van der Waals surface area (Å²) >= 11 is 0. The molecule has 3 N–H and O–H groups in total. The molecule has 6 heteroatoms. The summed E-state index contributed by atoms with van der Waals surface area (Å²) in [4.78, 5) is 0. The van der Waals surface area contributed by atoms with E-state index in [4.69, 9.17) is 10.3 Å². The van der Waals surface area contributed by atoms with E-state index in [0.717, 1.165) is 34.8 Å². The Kier molecular flexibility index (Phi) is 4.39. The van der Waals surface area contributed by atoms with Gasteiger partial charge in [-0.1, -0.05) is 12.1 Å². The van der Waals surface area contributed by atoms with Gasteiger partial charge in [-0.2, -0.15) is 13.2 Å². The number of hydrogen-bond acceptors (Lipinski definition) is 3. The maximum absolute atomic E-state index is 12.5. The first-order valence-corrected chi connectivity index (χ1v) is 6.50. The first-order chi connectivity index (χ1) is 9.81. The molecule has 0 bridgehead atoms. The molecule has 1 heterocycles. The molecule has 2 aromatic rings. The average molecular weight is 298 g/mol. The van der Waals surface area contributed by atoms with Crippen LogP contribution in [0.5, 0.6) is 0 Å². The van der Waals surface area contributed by atoms with Crippen molar-refractivity contribution in [3.05, 3.63) is 58.5 Å². The van der Waals surface area contributed by atoms with Crippen molar-refractivity contribution >= 4 is 0 Å². The highest BCUT2D eigenvalue weighted by molar-refractivity contribution is 5.29. The van der Waals surface area contributed by atoms with Gasteiger partial charge < -0.3 is 4.42 Å². The van der Waals surface area contributed by atoms with Gasteiger partial charge in [-0.15, -0.1) is 0 Å². The highest BCUT2D eigenvalue weighted by Crippen LogP contribution is 2.30. The van der Waals surface area contributed by atoms with Gasteiger partial charge in [-0.05, 0) is 44.0 Å². The van der Waals surface area contributed by atoms with Gasteiger partial charge in [0.05, 0.1) is 11.6 Å². The summed E-state index contributed by atoms with van der Waals surface area (Å²) in [6.45, 7) is 3.67. The van der Waals surface area contributed by atoms with Crippen molar-refractivity contribution in [1.29, 1.82) is 0 Å². The van der Waals surface area contributed by atoms with E-state index in [9.17, 15) is 13.2 Å². The molecule has 0 aliphatic rings. The van der Waals surface area contributed by atoms with E-state index in [-0.39, 0.29) is 6.04 Å². The van der Waals surface area contributed by atoms with Crippen LogP contribution in [0.1, 0.15) is 34.3 Å². The van der Waals surface area contributed by atoms with Crippen molar-refractivity contribution in [2.75, 3.05) is 0 Å². The minimum atomic E-state index is -4.32. The fraction of sp³-hybridized carbons (Fsp3) is 0.333. The Labute approximate surface area is 120 Å². The minimum absolute atomic E-state index is 0.209. The van der Waals surface area contributed by atoms with E-state index in [1.54, 1.807) is 0 Å². The standard InChI is InChI=1S/C15H17F3N2O/c1-9-7-13(10(2)21-9)14(20-19)8-11-3-5-12(6-4-11)15(16,17)18/h3-7,14,20H,8,19H2,1-2H3. The lowest BCUT2D eigenvalue weighted by Crippen LogP contribution is -2.29. The van der Waals surface area contributed by atoms with E-state index in [2.05, 4.69) is 5.43 Å². The summed E-state index contributed by atoms with van der Waals surface area (Å²) in [6, 6.07) is 6.76. The second kappa shape index (κ2) is 5.91. The van der Waals surface area contributed by atoms with Crippen LogP contribution in [-0.2, 0) is 12.6 Å². The predicted molar refractivity (Wildman–Crippen MR) is 73.4 cm³/mol. The maximum atomic E-state index is 12.5. The van der Waals surface area contributed by atoms with Crippen LogP contribution < -0.4 is 11.3 Å². The van der Waals surface area contributed by atoms with E-state index in [1.807, 2.05) is 19.9 Å². The van der Waals surface area contributed by atoms with Crippen molar-refractivity contribution in [3.8, 4) is 0 Å². The van der Waals surface area contributed by atoms with Crippen LogP contribution in [0.2, 0.25) is 0 Å². The smallest absolute Gasteiger partial charge is 0.416 e. The monoisotopic (exact) mass is 298 g/mol. The van der Waals surface area contributed by atoms with Gasteiger partial charge in [-0.25, -0.2) is 0 Å². The number of rotatable bonds is 4. The molecular formula is C15H17F3N2O. The predicted octanol–water partition coefficient (Wildman–Crippen LogP) is 3.66. The van der Waals surface area contributed by atoms with Gasteiger partial charge in [-0.3, -0.25) is 11.3 Å². The number of nitrogens with one attached hydrogen (secondary N) is 1. The van der Waals surface area contributed by atoms with E-state index in [1.165, 1.54) is 12.1 Å². The quantitative estimate of drug-likeness (QED) is 0.669. The van der Waals surface area contributed by atoms with Gasteiger partial charge in [0.2, 0.25) is 0 Å². The van der Waals surface area contributed by atoms with Crippen molar-refractivity contribution < 1.29 is 17.6 Å². The fourth-order valence-electron chi connectivity index (χ4n) is 2.32. The van der Waals surface area contributed by atoms with Crippen LogP contribution in [0.3, 0.4) is 0 Å². The molecule has 0 aliphatic carbocycles. The third-order valence-electron chi connectivity index (χ3n) is 3.38. The molecule has 0 aliphatic heterocycles. The number of hydrazine groups is 1. The Balaban J connectivity index is 2.17. The van der Waals surface area contributed by atoms with Gasteiger partial charge in [0.1, 0.15) is 11.5 Å². The summed E-state index contributed by atoms with van der Waals surface area (Å²) < 4.78 is 43.0. The first kappa shape index (κ1) is 15.6. The first-order valence-electron chi connectivity index (χ1n) is 6.50. The number of benzene rings is 1. The summed E-state index contributed by atoms with van der Waals surface area (Å²) in [5.74, 6) is 7.08. The third kappa shape index (κ3) is 3.65. The Bertz CT molecular complexity index is 602. The molecule has 1 atom stereocenters.